The molecule has 23 heavy (non-hydrogen) atoms. The van der Waals surface area contributed by atoms with Crippen molar-refractivity contribution in [1.29, 1.82) is 0 Å². The third-order valence-corrected chi connectivity index (χ3v) is 4.55. The van der Waals surface area contributed by atoms with Crippen LogP contribution in [0.4, 0.5) is 0 Å². The Morgan fingerprint density at radius 3 is 2.39 bits per heavy atom. The molecule has 120 valence electrons. The van der Waals surface area contributed by atoms with Gasteiger partial charge in [0.2, 0.25) is 0 Å². The van der Waals surface area contributed by atoms with Gasteiger partial charge >= 0.3 is 11.9 Å². The van der Waals surface area contributed by atoms with Crippen molar-refractivity contribution in [2.75, 3.05) is 13.7 Å². The molecule has 0 saturated carbocycles. The van der Waals surface area contributed by atoms with Crippen molar-refractivity contribution in [3.63, 3.8) is 0 Å². The third-order valence-electron chi connectivity index (χ3n) is 2.94. The molecule has 2 aromatic carbocycles. The highest BCUT2D eigenvalue weighted by molar-refractivity contribution is 9.10. The molecule has 0 unspecified atom stereocenters. The lowest BCUT2D eigenvalue weighted by atomic mass is 10.1. The number of hydrogen-bond donors (Lipinski definition) is 0. The summed E-state index contributed by atoms with van der Waals surface area (Å²) in [6.45, 7) is 2.01. The first-order valence-corrected chi connectivity index (χ1v) is 8.49. The number of esters is 2. The number of benzene rings is 2. The predicted molar refractivity (Wildman–Crippen MR) is 92.0 cm³/mol. The average Bonchev–Trinajstić information content (AvgIpc) is 2.56. The molecule has 2 rings (SSSR count). The fourth-order valence-corrected chi connectivity index (χ4v) is 3.04. The highest BCUT2D eigenvalue weighted by Gasteiger charge is 2.17. The first-order valence-electron chi connectivity index (χ1n) is 6.88. The topological polar surface area (TPSA) is 52.6 Å². The van der Waals surface area contributed by atoms with Crippen LogP contribution in [0.5, 0.6) is 0 Å². The van der Waals surface area contributed by atoms with Gasteiger partial charge in [-0.25, -0.2) is 9.59 Å². The van der Waals surface area contributed by atoms with Crippen molar-refractivity contribution in [3.8, 4) is 0 Å². The van der Waals surface area contributed by atoms with Gasteiger partial charge in [-0.15, -0.1) is 0 Å². The second-order valence-electron chi connectivity index (χ2n) is 4.48. The van der Waals surface area contributed by atoms with E-state index in [9.17, 15) is 9.59 Å². The molecule has 0 radical (unpaired) electrons. The van der Waals surface area contributed by atoms with Gasteiger partial charge in [-0.3, -0.25) is 0 Å². The summed E-state index contributed by atoms with van der Waals surface area (Å²) in [4.78, 5) is 25.5. The number of halogens is 1. The summed E-state index contributed by atoms with van der Waals surface area (Å²) < 4.78 is 10.8. The molecule has 0 aliphatic heterocycles. The van der Waals surface area contributed by atoms with E-state index in [0.29, 0.717) is 16.0 Å². The third kappa shape index (κ3) is 4.59. The van der Waals surface area contributed by atoms with Gasteiger partial charge in [0, 0.05) is 14.3 Å². The Bertz CT molecular complexity index is 713. The van der Waals surface area contributed by atoms with E-state index in [4.69, 9.17) is 9.47 Å². The average molecular weight is 395 g/mol. The van der Waals surface area contributed by atoms with Gasteiger partial charge in [-0.2, -0.15) is 0 Å². The number of ether oxygens (including phenoxy) is 2. The van der Waals surface area contributed by atoms with E-state index in [0.717, 1.165) is 9.37 Å². The largest absolute Gasteiger partial charge is 0.465 e. The molecule has 6 heteroatoms. The summed E-state index contributed by atoms with van der Waals surface area (Å²) >= 11 is 4.81. The highest BCUT2D eigenvalue weighted by Crippen LogP contribution is 2.32. The minimum absolute atomic E-state index is 0.280. The van der Waals surface area contributed by atoms with Crippen LogP contribution in [0.25, 0.3) is 0 Å². The molecule has 4 nitrogen and oxygen atoms in total. The summed E-state index contributed by atoms with van der Waals surface area (Å²) in [6, 6.07) is 12.6. The minimum atomic E-state index is -0.490. The molecule has 2 aromatic rings. The van der Waals surface area contributed by atoms with Crippen LogP contribution < -0.4 is 0 Å². The summed E-state index contributed by atoms with van der Waals surface area (Å²) in [6.07, 6.45) is 0. The smallest absolute Gasteiger partial charge is 0.339 e. The SMILES string of the molecule is CCOC(=O)c1ccc(Sc2ccc(Br)cc2)c(C(=O)OC)c1. The van der Waals surface area contributed by atoms with Crippen molar-refractivity contribution >= 4 is 39.6 Å². The Hall–Kier alpha value is -1.79. The van der Waals surface area contributed by atoms with E-state index in [1.165, 1.54) is 24.9 Å². The van der Waals surface area contributed by atoms with Gasteiger partial charge in [-0.1, -0.05) is 27.7 Å². The molecule has 0 bridgehead atoms. The van der Waals surface area contributed by atoms with Crippen molar-refractivity contribution in [1.82, 2.24) is 0 Å². The molecule has 0 N–H and O–H groups in total. The molecule has 0 heterocycles. The fourth-order valence-electron chi connectivity index (χ4n) is 1.86. The van der Waals surface area contributed by atoms with Crippen molar-refractivity contribution in [3.05, 3.63) is 58.1 Å². The molecule has 0 amide bonds. The molecule has 0 aliphatic carbocycles. The Morgan fingerprint density at radius 1 is 1.09 bits per heavy atom. The Kier molecular flexibility index (Phi) is 6.24. The molecule has 0 fully saturated rings. The maximum atomic E-state index is 12.0. The van der Waals surface area contributed by atoms with Crippen molar-refractivity contribution < 1.29 is 19.1 Å². The van der Waals surface area contributed by atoms with Gasteiger partial charge < -0.3 is 9.47 Å². The summed E-state index contributed by atoms with van der Waals surface area (Å²) in [5.41, 5.74) is 0.665. The minimum Gasteiger partial charge on any atom is -0.465 e. The van der Waals surface area contributed by atoms with Crippen LogP contribution in [0, 0.1) is 0 Å². The predicted octanol–water partition coefficient (Wildman–Crippen LogP) is 4.56. The van der Waals surface area contributed by atoms with Crippen LogP contribution in [0.3, 0.4) is 0 Å². The zero-order chi connectivity index (χ0) is 16.8. The van der Waals surface area contributed by atoms with Gasteiger partial charge in [0.1, 0.15) is 0 Å². The Morgan fingerprint density at radius 2 is 1.78 bits per heavy atom. The quantitative estimate of drug-likeness (QED) is 0.695. The molecule has 0 aliphatic rings. The van der Waals surface area contributed by atoms with Crippen LogP contribution in [-0.4, -0.2) is 25.7 Å². The number of rotatable bonds is 5. The van der Waals surface area contributed by atoms with Crippen LogP contribution in [0.2, 0.25) is 0 Å². The molecular formula is C17H15BrO4S. The zero-order valence-electron chi connectivity index (χ0n) is 12.7. The second-order valence-corrected chi connectivity index (χ2v) is 6.51. The monoisotopic (exact) mass is 394 g/mol. The van der Waals surface area contributed by atoms with Gasteiger partial charge in [0.05, 0.1) is 24.8 Å². The number of methoxy groups -OCH3 is 1. The lowest BCUT2D eigenvalue weighted by Gasteiger charge is -2.10. The molecule has 0 saturated heterocycles. The van der Waals surface area contributed by atoms with E-state index in [-0.39, 0.29) is 6.61 Å². The van der Waals surface area contributed by atoms with Gasteiger partial charge in [-0.05, 0) is 49.4 Å². The molecule has 0 aromatic heterocycles. The lowest BCUT2D eigenvalue weighted by Crippen LogP contribution is -2.09. The van der Waals surface area contributed by atoms with E-state index in [2.05, 4.69) is 15.9 Å². The van der Waals surface area contributed by atoms with E-state index in [1.54, 1.807) is 19.1 Å². The van der Waals surface area contributed by atoms with Crippen molar-refractivity contribution in [2.24, 2.45) is 0 Å². The Balaban J connectivity index is 2.36. The standard InChI is InChI=1S/C17H15BrO4S/c1-3-22-16(19)11-4-9-15(14(10-11)17(20)21-2)23-13-7-5-12(18)6-8-13/h4-10H,3H2,1-2H3. The molecule has 0 atom stereocenters. The van der Waals surface area contributed by atoms with Crippen LogP contribution >= 0.6 is 27.7 Å². The summed E-state index contributed by atoms with van der Waals surface area (Å²) in [7, 11) is 1.31. The van der Waals surface area contributed by atoms with Crippen molar-refractivity contribution in [2.45, 2.75) is 16.7 Å². The zero-order valence-corrected chi connectivity index (χ0v) is 15.1. The maximum Gasteiger partial charge on any atom is 0.339 e. The second kappa shape index (κ2) is 8.17. The Labute approximate surface area is 147 Å². The summed E-state index contributed by atoms with van der Waals surface area (Å²) in [5, 5.41) is 0. The van der Waals surface area contributed by atoms with E-state index < -0.39 is 11.9 Å². The molecular weight excluding hydrogens is 380 g/mol. The number of carbonyl (C=O) groups is 2. The maximum absolute atomic E-state index is 12.0. The fraction of sp³-hybridized carbons (Fsp3) is 0.176. The highest BCUT2D eigenvalue weighted by atomic mass is 79.9. The first kappa shape index (κ1) is 17.6. The number of carbonyl (C=O) groups excluding carboxylic acids is 2. The van der Waals surface area contributed by atoms with Gasteiger partial charge in [0.25, 0.3) is 0 Å². The van der Waals surface area contributed by atoms with E-state index in [1.807, 2.05) is 24.3 Å². The lowest BCUT2D eigenvalue weighted by molar-refractivity contribution is 0.0526. The van der Waals surface area contributed by atoms with Gasteiger partial charge in [0.15, 0.2) is 0 Å². The molecule has 0 spiro atoms. The van der Waals surface area contributed by atoms with Crippen LogP contribution in [-0.2, 0) is 9.47 Å². The summed E-state index contributed by atoms with van der Waals surface area (Å²) in [5.74, 6) is -0.950. The van der Waals surface area contributed by atoms with Crippen LogP contribution in [0.1, 0.15) is 27.6 Å². The first-order chi connectivity index (χ1) is 11.0. The van der Waals surface area contributed by atoms with Crippen LogP contribution in [0.15, 0.2) is 56.7 Å². The normalized spacial score (nSPS) is 10.2. The number of hydrogen-bond acceptors (Lipinski definition) is 5. The van der Waals surface area contributed by atoms with E-state index >= 15 is 0 Å².